The minimum absolute atomic E-state index is 0.228. The molecule has 4 rings (SSSR count). The number of carbonyl (C=O) groups excluding carboxylic acids is 1. The zero-order valence-electron chi connectivity index (χ0n) is 18.6. The van der Waals surface area contributed by atoms with Crippen LogP contribution in [0.5, 0.6) is 0 Å². The fourth-order valence-corrected chi connectivity index (χ4v) is 3.62. The van der Waals surface area contributed by atoms with Gasteiger partial charge in [0.25, 0.3) is 5.91 Å². The van der Waals surface area contributed by atoms with Crippen LogP contribution in [-0.2, 0) is 4.84 Å². The van der Waals surface area contributed by atoms with E-state index in [0.29, 0.717) is 28.8 Å². The van der Waals surface area contributed by atoms with Crippen molar-refractivity contribution in [1.82, 2.24) is 10.3 Å². The van der Waals surface area contributed by atoms with E-state index in [1.54, 1.807) is 24.4 Å². The van der Waals surface area contributed by atoms with Gasteiger partial charge in [-0.15, -0.1) is 0 Å². The number of amides is 1. The molecule has 0 bridgehead atoms. The van der Waals surface area contributed by atoms with Crippen molar-refractivity contribution in [3.05, 3.63) is 89.0 Å². The minimum Gasteiger partial charge on any atom is -0.385 e. The average molecular weight is 432 g/mol. The van der Waals surface area contributed by atoms with E-state index in [2.05, 4.69) is 15.5 Å². The Morgan fingerprint density at radius 3 is 2.56 bits per heavy atom. The van der Waals surface area contributed by atoms with Crippen molar-refractivity contribution in [1.29, 1.82) is 0 Å². The van der Waals surface area contributed by atoms with Crippen molar-refractivity contribution in [3.8, 4) is 11.1 Å². The van der Waals surface area contributed by atoms with Crippen molar-refractivity contribution < 1.29 is 14.0 Å². The van der Waals surface area contributed by atoms with E-state index in [9.17, 15) is 9.18 Å². The number of halogens is 1. The SMILES string of the molecule is Cc1ccc(-c2cc(C(=O)NC(C)(C)C)cc(C3=NOC(c4ccccn4)C3)c2)c(F)c1. The van der Waals surface area contributed by atoms with Gasteiger partial charge in [-0.1, -0.05) is 23.4 Å². The number of nitrogens with zero attached hydrogens (tertiary/aromatic N) is 2. The Hall–Kier alpha value is -3.54. The van der Waals surface area contributed by atoms with E-state index in [-0.39, 0.29) is 17.8 Å². The van der Waals surface area contributed by atoms with Crippen LogP contribution in [0.3, 0.4) is 0 Å². The standard InChI is InChI=1S/C26H26FN3O2/c1-16-8-9-20(21(27)11-16)17-12-18(14-19(13-17)25(31)29-26(2,3)4)23-15-24(32-30-23)22-7-5-6-10-28-22/h5-14,24H,15H2,1-4H3,(H,29,31). The van der Waals surface area contributed by atoms with E-state index in [4.69, 9.17) is 4.84 Å². The number of hydrogen-bond donors (Lipinski definition) is 1. The van der Waals surface area contributed by atoms with Crippen molar-refractivity contribution in [2.75, 3.05) is 0 Å². The molecule has 5 nitrogen and oxygen atoms in total. The van der Waals surface area contributed by atoms with Crippen LogP contribution >= 0.6 is 0 Å². The summed E-state index contributed by atoms with van der Waals surface area (Å²) in [5, 5.41) is 7.24. The lowest BCUT2D eigenvalue weighted by Gasteiger charge is -2.21. The molecule has 1 N–H and O–H groups in total. The van der Waals surface area contributed by atoms with Gasteiger partial charge in [0.1, 0.15) is 5.82 Å². The number of benzene rings is 2. The van der Waals surface area contributed by atoms with Gasteiger partial charge >= 0.3 is 0 Å². The first-order valence-electron chi connectivity index (χ1n) is 10.6. The number of aromatic nitrogens is 1. The molecule has 0 saturated carbocycles. The normalized spacial score (nSPS) is 15.8. The third-order valence-corrected chi connectivity index (χ3v) is 5.14. The molecule has 0 saturated heterocycles. The van der Waals surface area contributed by atoms with Gasteiger partial charge in [0.05, 0.1) is 11.4 Å². The van der Waals surface area contributed by atoms with Gasteiger partial charge in [0, 0.05) is 34.8 Å². The molecule has 164 valence electrons. The zero-order chi connectivity index (χ0) is 22.9. The lowest BCUT2D eigenvalue weighted by Crippen LogP contribution is -2.40. The molecule has 1 atom stereocenters. The maximum atomic E-state index is 14.8. The number of nitrogens with one attached hydrogen (secondary N) is 1. The number of oxime groups is 1. The summed E-state index contributed by atoms with van der Waals surface area (Å²) < 4.78 is 14.8. The monoisotopic (exact) mass is 431 g/mol. The summed E-state index contributed by atoms with van der Waals surface area (Å²) in [6.07, 6.45) is 1.93. The predicted molar refractivity (Wildman–Crippen MR) is 123 cm³/mol. The fourth-order valence-electron chi connectivity index (χ4n) is 3.62. The van der Waals surface area contributed by atoms with Crippen molar-refractivity contribution in [2.45, 2.75) is 45.8 Å². The number of hydrogen-bond acceptors (Lipinski definition) is 4. The molecule has 6 heteroatoms. The summed E-state index contributed by atoms with van der Waals surface area (Å²) in [5.74, 6) is -0.561. The first-order chi connectivity index (χ1) is 15.2. The van der Waals surface area contributed by atoms with Gasteiger partial charge in [-0.25, -0.2) is 4.39 Å². The maximum Gasteiger partial charge on any atom is 0.251 e. The Kier molecular flexibility index (Phi) is 5.78. The zero-order valence-corrected chi connectivity index (χ0v) is 18.6. The van der Waals surface area contributed by atoms with Gasteiger partial charge in [-0.3, -0.25) is 9.78 Å². The molecule has 1 aliphatic heterocycles. The molecule has 1 aliphatic rings. The summed E-state index contributed by atoms with van der Waals surface area (Å²) in [4.78, 5) is 22.9. The van der Waals surface area contributed by atoms with Crippen molar-refractivity contribution >= 4 is 11.6 Å². The highest BCUT2D eigenvalue weighted by Gasteiger charge is 2.26. The Labute approximate surface area is 187 Å². The molecule has 0 radical (unpaired) electrons. The number of pyridine rings is 1. The van der Waals surface area contributed by atoms with Gasteiger partial charge < -0.3 is 10.2 Å². The molecule has 1 unspecified atom stereocenters. The molecule has 0 spiro atoms. The first kappa shape index (κ1) is 21.7. The lowest BCUT2D eigenvalue weighted by atomic mass is 9.94. The average Bonchev–Trinajstić information content (AvgIpc) is 3.23. The Balaban J connectivity index is 1.73. The molecule has 32 heavy (non-hydrogen) atoms. The molecule has 1 amide bonds. The third kappa shape index (κ3) is 4.85. The highest BCUT2D eigenvalue weighted by Crippen LogP contribution is 2.31. The van der Waals surface area contributed by atoms with Crippen LogP contribution in [0.4, 0.5) is 4.39 Å². The maximum absolute atomic E-state index is 14.8. The van der Waals surface area contributed by atoms with Crippen LogP contribution in [0.25, 0.3) is 11.1 Å². The fraction of sp³-hybridized carbons (Fsp3) is 0.269. The van der Waals surface area contributed by atoms with E-state index in [1.807, 2.05) is 58.0 Å². The van der Waals surface area contributed by atoms with Crippen molar-refractivity contribution in [3.63, 3.8) is 0 Å². The van der Waals surface area contributed by atoms with E-state index in [0.717, 1.165) is 16.8 Å². The third-order valence-electron chi connectivity index (χ3n) is 5.14. The molecule has 1 aromatic heterocycles. The van der Waals surface area contributed by atoms with Crippen LogP contribution < -0.4 is 5.32 Å². The summed E-state index contributed by atoms with van der Waals surface area (Å²) in [6.45, 7) is 7.60. The Bertz CT molecular complexity index is 1180. The van der Waals surface area contributed by atoms with E-state index in [1.165, 1.54) is 6.07 Å². The summed E-state index contributed by atoms with van der Waals surface area (Å²) in [6, 6.07) is 16.1. The topological polar surface area (TPSA) is 63.6 Å². The number of rotatable bonds is 4. The summed E-state index contributed by atoms with van der Waals surface area (Å²) in [7, 11) is 0. The number of carbonyl (C=O) groups is 1. The largest absolute Gasteiger partial charge is 0.385 e. The lowest BCUT2D eigenvalue weighted by molar-refractivity contribution is 0.0826. The van der Waals surface area contributed by atoms with Crippen LogP contribution in [0.1, 0.15) is 60.5 Å². The summed E-state index contributed by atoms with van der Waals surface area (Å²) in [5.41, 5.74) is 4.13. The number of aryl methyl sites for hydroxylation is 1. The molecular formula is C26H26FN3O2. The highest BCUT2D eigenvalue weighted by molar-refractivity contribution is 6.05. The molecule has 3 aromatic rings. The van der Waals surface area contributed by atoms with E-state index >= 15 is 0 Å². The Morgan fingerprint density at radius 1 is 1.09 bits per heavy atom. The molecule has 2 aromatic carbocycles. The second-order valence-electron chi connectivity index (χ2n) is 9.08. The van der Waals surface area contributed by atoms with Crippen molar-refractivity contribution in [2.24, 2.45) is 5.16 Å². The second-order valence-corrected chi connectivity index (χ2v) is 9.08. The second kappa shape index (κ2) is 8.54. The van der Waals surface area contributed by atoms with Crippen LogP contribution in [0.2, 0.25) is 0 Å². The van der Waals surface area contributed by atoms with Crippen LogP contribution in [-0.4, -0.2) is 22.1 Å². The van der Waals surface area contributed by atoms with E-state index < -0.39 is 5.54 Å². The minimum atomic E-state index is -0.402. The predicted octanol–water partition coefficient (Wildman–Crippen LogP) is 5.59. The van der Waals surface area contributed by atoms with Gasteiger partial charge in [-0.05, 0) is 75.2 Å². The molecule has 2 heterocycles. The molecule has 0 fully saturated rings. The van der Waals surface area contributed by atoms with Gasteiger partial charge in [0.15, 0.2) is 6.10 Å². The van der Waals surface area contributed by atoms with Gasteiger partial charge in [0.2, 0.25) is 0 Å². The molecule has 0 aliphatic carbocycles. The molecular weight excluding hydrogens is 405 g/mol. The van der Waals surface area contributed by atoms with Gasteiger partial charge in [-0.2, -0.15) is 0 Å². The summed E-state index contributed by atoms with van der Waals surface area (Å²) >= 11 is 0. The highest BCUT2D eigenvalue weighted by atomic mass is 19.1. The first-order valence-corrected chi connectivity index (χ1v) is 10.6. The quantitative estimate of drug-likeness (QED) is 0.586. The Morgan fingerprint density at radius 2 is 1.88 bits per heavy atom. The van der Waals surface area contributed by atoms with Crippen LogP contribution in [0.15, 0.2) is 65.9 Å². The van der Waals surface area contributed by atoms with Crippen LogP contribution in [0, 0.1) is 12.7 Å². The smallest absolute Gasteiger partial charge is 0.251 e.